The van der Waals surface area contributed by atoms with Crippen molar-refractivity contribution in [3.8, 4) is 22.5 Å². The first-order valence-corrected chi connectivity index (χ1v) is 15.6. The van der Waals surface area contributed by atoms with Gasteiger partial charge in [0, 0.05) is 59.7 Å². The fraction of sp³-hybridized carbons (Fsp3) is 0.500. The molecular weight excluding hydrogens is 552 g/mol. The van der Waals surface area contributed by atoms with Crippen molar-refractivity contribution in [1.29, 1.82) is 0 Å². The van der Waals surface area contributed by atoms with E-state index >= 15 is 0 Å². The molecule has 0 atom stereocenters. The first-order valence-electron chi connectivity index (χ1n) is 15.2. The number of benzene rings is 1. The molecule has 1 aromatic carbocycles. The number of fused-ring (bicyclic) bond motifs is 1. The van der Waals surface area contributed by atoms with Gasteiger partial charge in [0.1, 0.15) is 11.3 Å². The molecule has 42 heavy (non-hydrogen) atoms. The van der Waals surface area contributed by atoms with Gasteiger partial charge < -0.3 is 19.9 Å². The highest BCUT2D eigenvalue weighted by atomic mass is 35.5. The molecule has 6 rings (SSSR count). The van der Waals surface area contributed by atoms with E-state index in [0.29, 0.717) is 46.4 Å². The number of allylic oxidation sites excluding steroid dienone is 1. The smallest absolute Gasteiger partial charge is 0.260 e. The van der Waals surface area contributed by atoms with Crippen LogP contribution in [0.2, 0.25) is 5.02 Å². The molecule has 0 bridgehead atoms. The van der Waals surface area contributed by atoms with Crippen molar-refractivity contribution >= 4 is 17.7 Å². The second kappa shape index (κ2) is 12.9. The molecule has 3 aliphatic heterocycles. The summed E-state index contributed by atoms with van der Waals surface area (Å²) in [5.74, 6) is 2.43. The van der Waals surface area contributed by atoms with Gasteiger partial charge >= 0.3 is 0 Å². The molecule has 10 heteroatoms. The Morgan fingerprint density at radius 3 is 2.64 bits per heavy atom. The Morgan fingerprint density at radius 2 is 1.93 bits per heavy atom. The number of rotatable bonds is 8. The minimum Gasteiger partial charge on any atom is -0.381 e. The van der Waals surface area contributed by atoms with Gasteiger partial charge in [-0.3, -0.25) is 9.36 Å². The van der Waals surface area contributed by atoms with Gasteiger partial charge in [0.05, 0.1) is 0 Å². The van der Waals surface area contributed by atoms with Gasteiger partial charge in [0.25, 0.3) is 5.56 Å². The molecule has 2 saturated heterocycles. The third-order valence-corrected chi connectivity index (χ3v) is 8.98. The SMILES string of the molecule is CCC1=C(NC2CCOCC2)N=c2c(cc(-c3ccc(-c4noc(C)n4)cc3Cl)c(=O)n2CCC2CCNCC2)=CC1. The molecule has 0 unspecified atom stereocenters. The minimum atomic E-state index is -0.0738. The molecule has 0 aliphatic carbocycles. The average molecular weight is 591 g/mol. The zero-order chi connectivity index (χ0) is 29.1. The van der Waals surface area contributed by atoms with Crippen LogP contribution >= 0.6 is 11.6 Å². The molecule has 5 heterocycles. The van der Waals surface area contributed by atoms with Crippen molar-refractivity contribution < 1.29 is 9.26 Å². The molecule has 2 aromatic heterocycles. The number of hydrogen-bond acceptors (Lipinski definition) is 8. The molecule has 2 fully saturated rings. The summed E-state index contributed by atoms with van der Waals surface area (Å²) in [6, 6.07) is 7.84. The largest absolute Gasteiger partial charge is 0.381 e. The van der Waals surface area contributed by atoms with Crippen LogP contribution in [0.1, 0.15) is 57.8 Å². The van der Waals surface area contributed by atoms with Crippen molar-refractivity contribution in [2.75, 3.05) is 26.3 Å². The summed E-state index contributed by atoms with van der Waals surface area (Å²) in [7, 11) is 0. The van der Waals surface area contributed by atoms with Crippen LogP contribution in [-0.2, 0) is 11.3 Å². The predicted octanol–water partition coefficient (Wildman–Crippen LogP) is 4.11. The second-order valence-electron chi connectivity index (χ2n) is 11.5. The molecule has 0 spiro atoms. The summed E-state index contributed by atoms with van der Waals surface area (Å²) in [5, 5.41) is 12.6. The van der Waals surface area contributed by atoms with Crippen LogP contribution in [0.25, 0.3) is 28.6 Å². The van der Waals surface area contributed by atoms with Gasteiger partial charge in [-0.25, -0.2) is 4.99 Å². The maximum atomic E-state index is 14.3. The highest BCUT2D eigenvalue weighted by Crippen LogP contribution is 2.30. The molecule has 3 aromatic rings. The van der Waals surface area contributed by atoms with Crippen LogP contribution in [-0.4, -0.2) is 47.1 Å². The maximum absolute atomic E-state index is 14.3. The zero-order valence-electron chi connectivity index (χ0n) is 24.4. The average Bonchev–Trinajstić information content (AvgIpc) is 3.37. The van der Waals surface area contributed by atoms with E-state index in [4.69, 9.17) is 25.9 Å². The zero-order valence-corrected chi connectivity index (χ0v) is 25.2. The number of aryl methyl sites for hydroxylation is 1. The quantitative estimate of drug-likeness (QED) is 0.407. The monoisotopic (exact) mass is 590 g/mol. The van der Waals surface area contributed by atoms with Gasteiger partial charge in [0.15, 0.2) is 0 Å². The maximum Gasteiger partial charge on any atom is 0.260 e. The first-order chi connectivity index (χ1) is 20.5. The van der Waals surface area contributed by atoms with Crippen LogP contribution in [0.15, 0.2) is 50.0 Å². The second-order valence-corrected chi connectivity index (χ2v) is 11.9. The fourth-order valence-corrected chi connectivity index (χ4v) is 6.40. The minimum absolute atomic E-state index is 0.0738. The van der Waals surface area contributed by atoms with Crippen molar-refractivity contribution in [3.63, 3.8) is 0 Å². The number of nitrogens with one attached hydrogen (secondary N) is 2. The Morgan fingerprint density at radius 1 is 1.12 bits per heavy atom. The Labute approximate surface area is 250 Å². The number of piperidine rings is 1. The van der Waals surface area contributed by atoms with E-state index in [2.05, 4.69) is 33.8 Å². The first kappa shape index (κ1) is 28.8. The summed E-state index contributed by atoms with van der Waals surface area (Å²) in [4.78, 5) is 23.8. The number of hydrogen-bond donors (Lipinski definition) is 2. The van der Waals surface area contributed by atoms with Crippen molar-refractivity contribution in [3.05, 3.63) is 67.6 Å². The summed E-state index contributed by atoms with van der Waals surface area (Å²) in [5.41, 5.74) is 3.90. The van der Waals surface area contributed by atoms with Crippen LogP contribution in [0.3, 0.4) is 0 Å². The lowest BCUT2D eigenvalue weighted by Gasteiger charge is -2.25. The summed E-state index contributed by atoms with van der Waals surface area (Å²) < 4.78 is 12.6. The number of pyridine rings is 1. The van der Waals surface area contributed by atoms with Crippen molar-refractivity contribution in [2.24, 2.45) is 10.9 Å². The standard InChI is InChI=1S/C32H39ClN6O3/c1-3-22-4-5-24-18-27(26-7-6-23(19-28(26)33)30-35-20(2)42-38-30)32(40)39(15-10-21-8-13-34-14-9-21)31(24)37-29(22)36-25-11-16-41-17-12-25/h5-7,18-19,21,25,34,36H,3-4,8-17H2,1-2H3. The molecule has 0 radical (unpaired) electrons. The van der Waals surface area contributed by atoms with E-state index in [1.165, 1.54) is 5.57 Å². The summed E-state index contributed by atoms with van der Waals surface area (Å²) in [6.07, 6.45) is 8.95. The van der Waals surface area contributed by atoms with E-state index in [1.54, 1.807) is 13.0 Å². The van der Waals surface area contributed by atoms with Crippen molar-refractivity contribution in [1.82, 2.24) is 25.3 Å². The van der Waals surface area contributed by atoms with Crippen LogP contribution in [0.4, 0.5) is 0 Å². The Kier molecular flexibility index (Phi) is 8.88. The van der Waals surface area contributed by atoms with E-state index in [-0.39, 0.29) is 5.56 Å². The lowest BCUT2D eigenvalue weighted by molar-refractivity contribution is 0.0802. The van der Waals surface area contributed by atoms with Gasteiger partial charge in [-0.2, -0.15) is 4.98 Å². The Bertz CT molecular complexity index is 1650. The Balaban J connectivity index is 1.44. The van der Waals surface area contributed by atoms with E-state index < -0.39 is 0 Å². The molecule has 0 amide bonds. The molecule has 2 N–H and O–H groups in total. The normalized spacial score (nSPS) is 18.3. The van der Waals surface area contributed by atoms with Crippen LogP contribution < -0.4 is 26.9 Å². The predicted molar refractivity (Wildman–Crippen MR) is 164 cm³/mol. The number of halogens is 1. The Hall–Kier alpha value is -3.27. The lowest BCUT2D eigenvalue weighted by Crippen LogP contribution is -2.45. The molecule has 9 nitrogen and oxygen atoms in total. The summed E-state index contributed by atoms with van der Waals surface area (Å²) >= 11 is 6.83. The van der Waals surface area contributed by atoms with E-state index in [0.717, 1.165) is 93.3 Å². The van der Waals surface area contributed by atoms with E-state index in [1.807, 2.05) is 22.8 Å². The highest BCUT2D eigenvalue weighted by molar-refractivity contribution is 6.33. The third-order valence-electron chi connectivity index (χ3n) is 8.66. The van der Waals surface area contributed by atoms with Gasteiger partial charge in [0.2, 0.25) is 11.7 Å². The topological polar surface area (TPSA) is 107 Å². The third kappa shape index (κ3) is 6.23. The molecule has 222 valence electrons. The van der Waals surface area contributed by atoms with Gasteiger partial charge in [-0.05, 0) is 81.7 Å². The molecular formula is C32H39ClN6O3. The lowest BCUT2D eigenvalue weighted by atomic mass is 9.94. The number of nitrogens with zero attached hydrogens (tertiary/aromatic N) is 4. The van der Waals surface area contributed by atoms with Crippen molar-refractivity contribution in [2.45, 2.75) is 71.4 Å². The molecule has 0 saturated carbocycles. The number of aromatic nitrogens is 3. The summed E-state index contributed by atoms with van der Waals surface area (Å²) in [6.45, 7) is 8.10. The fourth-order valence-electron chi connectivity index (χ4n) is 6.12. The van der Waals surface area contributed by atoms with E-state index in [9.17, 15) is 4.79 Å². The highest BCUT2D eigenvalue weighted by Gasteiger charge is 2.21. The van der Waals surface area contributed by atoms with Gasteiger partial charge in [-0.15, -0.1) is 0 Å². The van der Waals surface area contributed by atoms with Crippen LogP contribution in [0.5, 0.6) is 0 Å². The van der Waals surface area contributed by atoms with Crippen LogP contribution in [0, 0.1) is 12.8 Å². The molecule has 3 aliphatic rings. The number of ether oxygens (including phenoxy) is 1. The van der Waals surface area contributed by atoms with Gasteiger partial charge in [-0.1, -0.05) is 41.9 Å².